The van der Waals surface area contributed by atoms with E-state index in [0.29, 0.717) is 56.4 Å². The van der Waals surface area contributed by atoms with E-state index >= 15 is 0 Å². The van der Waals surface area contributed by atoms with Crippen molar-refractivity contribution >= 4 is 19.4 Å². The van der Waals surface area contributed by atoms with Crippen LogP contribution in [0.15, 0.2) is 36.4 Å². The van der Waals surface area contributed by atoms with Crippen LogP contribution in [0.2, 0.25) is 0 Å². The van der Waals surface area contributed by atoms with Crippen LogP contribution in [0.1, 0.15) is 38.1 Å². The molecule has 0 unspecified atom stereocenters. The van der Waals surface area contributed by atoms with Crippen LogP contribution in [0.3, 0.4) is 0 Å². The molecule has 0 saturated heterocycles. The van der Waals surface area contributed by atoms with Crippen LogP contribution in [-0.2, 0) is 0 Å². The molecule has 0 heterocycles. The normalized spacial score (nSPS) is 10.9. The van der Waals surface area contributed by atoms with Crippen molar-refractivity contribution in [2.24, 2.45) is 11.8 Å². The van der Waals surface area contributed by atoms with Crippen LogP contribution in [0.5, 0.6) is 23.0 Å². The maximum atomic E-state index is 13.1. The smallest absolute Gasteiger partial charge is 0.496 e. The second kappa shape index (κ2) is 12.9. The second-order valence-electron chi connectivity index (χ2n) is 7.49. The largest absolute Gasteiger partial charge is 1.00 e. The molecule has 0 spiro atoms. The fourth-order valence-corrected chi connectivity index (χ4v) is 3.48. The first kappa shape index (κ1) is 26.4. The number of carbonyl (C=O) groups is 1. The maximum Gasteiger partial charge on any atom is 1.00 e. The van der Waals surface area contributed by atoms with Gasteiger partial charge in [0.05, 0.1) is 38.7 Å². The third kappa shape index (κ3) is 7.55. The van der Waals surface area contributed by atoms with E-state index in [1.54, 1.807) is 32.4 Å². The van der Waals surface area contributed by atoms with Gasteiger partial charge >= 0.3 is 18.9 Å². The summed E-state index contributed by atoms with van der Waals surface area (Å²) < 4.78 is 22.6. The van der Waals surface area contributed by atoms with E-state index in [-0.39, 0.29) is 24.4 Å². The molecule has 0 aliphatic rings. The minimum Gasteiger partial charge on any atom is -0.496 e. The van der Waals surface area contributed by atoms with Crippen molar-refractivity contribution < 1.29 is 42.6 Å². The molecule has 2 aromatic carbocycles. The molecule has 7 heteroatoms. The van der Waals surface area contributed by atoms with Crippen molar-refractivity contribution in [2.75, 3.05) is 27.4 Å². The summed E-state index contributed by atoms with van der Waals surface area (Å²) in [4.78, 5) is 13.1. The Kier molecular flexibility index (Phi) is 11.3. The average molecular weight is 424 g/mol. The topological polar surface area (TPSA) is 54.0 Å². The third-order valence-electron chi connectivity index (χ3n) is 3.95. The van der Waals surface area contributed by atoms with Crippen molar-refractivity contribution in [1.29, 1.82) is 0 Å². The van der Waals surface area contributed by atoms with Crippen LogP contribution in [0, 0.1) is 11.8 Å². The van der Waals surface area contributed by atoms with E-state index in [4.69, 9.17) is 18.9 Å². The number of carbonyl (C=O) groups excluding carboxylic acids is 1. The Morgan fingerprint density at radius 2 is 1.43 bits per heavy atom. The Morgan fingerprint density at radius 1 is 0.867 bits per heavy atom. The maximum absolute atomic E-state index is 13.1. The number of ether oxygens (including phenoxy) is 4. The first-order valence-electron chi connectivity index (χ1n) is 9.72. The van der Waals surface area contributed by atoms with E-state index in [1.165, 1.54) is 0 Å². The molecule has 0 bridgehead atoms. The molecule has 0 aliphatic carbocycles. The van der Waals surface area contributed by atoms with Crippen LogP contribution in [0.25, 0.3) is 0 Å². The summed E-state index contributed by atoms with van der Waals surface area (Å²) in [6.45, 7) is 9.55. The Labute approximate surface area is 193 Å². The standard InChI is InChI=1S/C23H30O5P.Li/c1-15(2)13-27-17-10-11-21(20(12-17)28-14-16(3)4)29-23(24)22-18(25-5)8-7-9-19(22)26-6;/h7-12,15-16H,13-14H2,1-6H3;/q-1;+1. The second-order valence-corrected chi connectivity index (χ2v) is 8.61. The van der Waals surface area contributed by atoms with E-state index in [0.717, 1.165) is 11.1 Å². The van der Waals surface area contributed by atoms with Crippen molar-refractivity contribution in [2.45, 2.75) is 27.7 Å². The zero-order valence-corrected chi connectivity index (χ0v) is 19.9. The van der Waals surface area contributed by atoms with Gasteiger partial charge in [0, 0.05) is 11.6 Å². The summed E-state index contributed by atoms with van der Waals surface area (Å²) in [5, 5.41) is 0.778. The SMILES string of the molecule is COc1cccc(OC)c1C(=O)[P-]c1ccc(OCC(C)C)cc1OCC(C)C.[Li+]. The number of hydrogen-bond donors (Lipinski definition) is 0. The third-order valence-corrected chi connectivity index (χ3v) is 4.99. The van der Waals surface area contributed by atoms with Gasteiger partial charge in [0.15, 0.2) is 0 Å². The first-order valence-corrected chi connectivity index (χ1v) is 10.6. The van der Waals surface area contributed by atoms with Gasteiger partial charge < -0.3 is 32.3 Å². The predicted molar refractivity (Wildman–Crippen MR) is 118 cm³/mol. The van der Waals surface area contributed by atoms with Gasteiger partial charge in [0.1, 0.15) is 17.2 Å². The summed E-state index contributed by atoms with van der Waals surface area (Å²) in [6, 6.07) is 10.9. The van der Waals surface area contributed by atoms with Gasteiger partial charge in [-0.15, -0.1) is 0 Å². The van der Waals surface area contributed by atoms with Gasteiger partial charge in [0.2, 0.25) is 0 Å². The van der Waals surface area contributed by atoms with Crippen molar-refractivity contribution in [3.05, 3.63) is 42.0 Å². The van der Waals surface area contributed by atoms with Gasteiger partial charge in [-0.2, -0.15) is 5.30 Å². The van der Waals surface area contributed by atoms with Gasteiger partial charge in [-0.05, 0) is 30.0 Å². The fraction of sp³-hybridized carbons (Fsp3) is 0.435. The monoisotopic (exact) mass is 424 g/mol. The molecule has 2 aromatic rings. The van der Waals surface area contributed by atoms with E-state index < -0.39 is 0 Å². The van der Waals surface area contributed by atoms with Crippen LogP contribution in [0.4, 0.5) is 0 Å². The van der Waals surface area contributed by atoms with Gasteiger partial charge in [0.25, 0.3) is 0 Å². The van der Waals surface area contributed by atoms with E-state index in [9.17, 15) is 4.79 Å². The number of hydrogen-bond acceptors (Lipinski definition) is 5. The summed E-state index contributed by atoms with van der Waals surface area (Å²) in [7, 11) is 3.56. The summed E-state index contributed by atoms with van der Waals surface area (Å²) in [5.74, 6) is 3.16. The summed E-state index contributed by atoms with van der Waals surface area (Å²) >= 11 is 0. The average Bonchev–Trinajstić information content (AvgIpc) is 2.70. The number of methoxy groups -OCH3 is 2. The first-order chi connectivity index (χ1) is 13.8. The Morgan fingerprint density at radius 3 is 1.97 bits per heavy atom. The molecule has 30 heavy (non-hydrogen) atoms. The van der Waals surface area contributed by atoms with Crippen LogP contribution >= 0.6 is 8.58 Å². The Bertz CT molecular complexity index is 801. The van der Waals surface area contributed by atoms with Crippen LogP contribution < -0.4 is 43.1 Å². The summed E-state index contributed by atoms with van der Waals surface area (Å²) in [5.41, 5.74) is 0.304. The van der Waals surface area contributed by atoms with E-state index in [2.05, 4.69) is 27.7 Å². The number of rotatable bonds is 11. The molecule has 5 nitrogen and oxygen atoms in total. The molecular formula is C23H30LiO5P. The zero-order chi connectivity index (χ0) is 21.4. The molecule has 0 aromatic heterocycles. The fourth-order valence-electron chi connectivity index (χ4n) is 2.54. The van der Waals surface area contributed by atoms with Crippen molar-refractivity contribution in [3.8, 4) is 23.0 Å². The zero-order valence-electron chi connectivity index (χ0n) is 19.0. The van der Waals surface area contributed by atoms with Crippen molar-refractivity contribution in [3.63, 3.8) is 0 Å². The minimum absolute atomic E-state index is 0. The molecule has 0 saturated carbocycles. The Balaban J connectivity index is 0.00000450. The van der Waals surface area contributed by atoms with Gasteiger partial charge in [-0.25, -0.2) is 0 Å². The quantitative estimate of drug-likeness (QED) is 0.409. The van der Waals surface area contributed by atoms with E-state index in [1.807, 2.05) is 18.2 Å². The molecule has 0 atom stereocenters. The Hall–Kier alpha value is -1.66. The predicted octanol–water partition coefficient (Wildman–Crippen LogP) is 2.19. The molecule has 158 valence electrons. The van der Waals surface area contributed by atoms with Crippen molar-refractivity contribution in [1.82, 2.24) is 0 Å². The molecule has 0 aliphatic heterocycles. The molecule has 0 radical (unpaired) electrons. The minimum atomic E-state index is -0.121. The molecule has 0 amide bonds. The molecule has 2 rings (SSSR count). The van der Waals surface area contributed by atoms with Gasteiger partial charge in [-0.1, -0.05) is 39.8 Å². The van der Waals surface area contributed by atoms with Crippen LogP contribution in [-0.4, -0.2) is 33.0 Å². The molecule has 0 N–H and O–H groups in total. The van der Waals surface area contributed by atoms with Gasteiger partial charge in [-0.3, -0.25) is 0 Å². The number of benzene rings is 2. The molecule has 0 fully saturated rings. The summed E-state index contributed by atoms with van der Waals surface area (Å²) in [6.07, 6.45) is 0. The molecular weight excluding hydrogens is 394 g/mol.